The van der Waals surface area contributed by atoms with Gasteiger partial charge in [0.1, 0.15) is 5.78 Å². The van der Waals surface area contributed by atoms with E-state index in [-0.39, 0.29) is 17.2 Å². The maximum atomic E-state index is 13.0. The van der Waals surface area contributed by atoms with E-state index in [1.165, 1.54) is 11.2 Å². The van der Waals surface area contributed by atoms with Gasteiger partial charge in [-0.3, -0.25) is 4.79 Å². The van der Waals surface area contributed by atoms with Gasteiger partial charge in [-0.25, -0.2) is 8.42 Å². The third-order valence-electron chi connectivity index (χ3n) is 4.30. The van der Waals surface area contributed by atoms with Gasteiger partial charge >= 0.3 is 0 Å². The van der Waals surface area contributed by atoms with Crippen LogP contribution in [0.2, 0.25) is 0 Å². The number of fused-ring (bicyclic) bond motifs is 1. The lowest BCUT2D eigenvalue weighted by Crippen LogP contribution is -2.47. The summed E-state index contributed by atoms with van der Waals surface area (Å²) in [5.74, 6) is -0.129. The molecule has 0 saturated heterocycles. The van der Waals surface area contributed by atoms with Gasteiger partial charge in [0.25, 0.3) is 0 Å². The first-order valence-electron chi connectivity index (χ1n) is 7.55. The van der Waals surface area contributed by atoms with Gasteiger partial charge in [-0.05, 0) is 43.5 Å². The first-order valence-corrected chi connectivity index (χ1v) is 8.99. The molecule has 1 aliphatic rings. The van der Waals surface area contributed by atoms with Crippen LogP contribution in [-0.2, 0) is 27.8 Å². The highest BCUT2D eigenvalue weighted by molar-refractivity contribution is 7.89. The smallest absolute Gasteiger partial charge is 0.244 e. The number of carbonyl (C=O) groups excluding carboxylic acids is 1. The molecule has 0 aliphatic carbocycles. The van der Waals surface area contributed by atoms with Crippen LogP contribution in [0, 0.1) is 6.92 Å². The Bertz CT molecular complexity index is 841. The average molecular weight is 329 g/mol. The van der Waals surface area contributed by atoms with Crippen molar-refractivity contribution in [1.82, 2.24) is 4.31 Å². The van der Waals surface area contributed by atoms with Crippen molar-refractivity contribution in [3.8, 4) is 0 Å². The zero-order valence-corrected chi connectivity index (χ0v) is 14.0. The van der Waals surface area contributed by atoms with E-state index in [1.807, 2.05) is 31.2 Å². The van der Waals surface area contributed by atoms with Crippen molar-refractivity contribution in [2.75, 3.05) is 0 Å². The van der Waals surface area contributed by atoms with Crippen LogP contribution in [0.1, 0.15) is 23.6 Å². The molecule has 0 bridgehead atoms. The summed E-state index contributed by atoms with van der Waals surface area (Å²) in [5, 5.41) is 0. The molecule has 0 saturated carbocycles. The Kier molecular flexibility index (Phi) is 4.08. The molecule has 3 rings (SSSR count). The maximum absolute atomic E-state index is 13.0. The Balaban J connectivity index is 2.05. The zero-order chi connectivity index (χ0) is 16.6. The number of benzene rings is 2. The van der Waals surface area contributed by atoms with Gasteiger partial charge in [0.15, 0.2) is 0 Å². The number of aryl methyl sites for hydroxylation is 1. The predicted molar refractivity (Wildman–Crippen MR) is 88.5 cm³/mol. The molecule has 2 aromatic carbocycles. The fourth-order valence-electron chi connectivity index (χ4n) is 2.94. The summed E-state index contributed by atoms with van der Waals surface area (Å²) in [7, 11) is -3.70. The van der Waals surface area contributed by atoms with Gasteiger partial charge in [0.2, 0.25) is 10.0 Å². The van der Waals surface area contributed by atoms with Crippen molar-refractivity contribution in [2.24, 2.45) is 0 Å². The highest BCUT2D eigenvalue weighted by atomic mass is 32.2. The number of carbonyl (C=O) groups is 1. The summed E-state index contributed by atoms with van der Waals surface area (Å²) in [6.45, 7) is 3.60. The van der Waals surface area contributed by atoms with Crippen LogP contribution in [0.4, 0.5) is 0 Å². The molecule has 1 atom stereocenters. The van der Waals surface area contributed by atoms with Crippen LogP contribution in [-0.4, -0.2) is 24.5 Å². The van der Waals surface area contributed by atoms with Crippen LogP contribution < -0.4 is 0 Å². The van der Waals surface area contributed by atoms with E-state index < -0.39 is 16.1 Å². The number of Topliss-reactive ketones (excluding diaryl/α,β-unsaturated/α-hetero) is 1. The van der Waals surface area contributed by atoms with Crippen LogP contribution in [0.25, 0.3) is 0 Å². The molecule has 5 heteroatoms. The minimum Gasteiger partial charge on any atom is -0.298 e. The fourth-order valence-corrected chi connectivity index (χ4v) is 4.56. The highest BCUT2D eigenvalue weighted by Crippen LogP contribution is 2.29. The summed E-state index contributed by atoms with van der Waals surface area (Å²) in [4.78, 5) is 12.3. The van der Waals surface area contributed by atoms with E-state index in [1.54, 1.807) is 24.3 Å². The van der Waals surface area contributed by atoms with Crippen LogP contribution in [0.5, 0.6) is 0 Å². The molecule has 23 heavy (non-hydrogen) atoms. The SMILES string of the molecule is CC(=O)C1Cc2ccccc2CN1S(=O)(=O)c1ccc(C)cc1. The summed E-state index contributed by atoms with van der Waals surface area (Å²) in [6, 6.07) is 13.8. The zero-order valence-electron chi connectivity index (χ0n) is 13.2. The van der Waals surface area contributed by atoms with E-state index in [4.69, 9.17) is 0 Å². The Morgan fingerprint density at radius 3 is 2.26 bits per heavy atom. The van der Waals surface area contributed by atoms with Crippen molar-refractivity contribution in [1.29, 1.82) is 0 Å². The number of nitrogens with zero attached hydrogens (tertiary/aromatic N) is 1. The van der Waals surface area contributed by atoms with Gasteiger partial charge in [-0.1, -0.05) is 42.0 Å². The Morgan fingerprint density at radius 1 is 1.04 bits per heavy atom. The Morgan fingerprint density at radius 2 is 1.65 bits per heavy atom. The van der Waals surface area contributed by atoms with E-state index in [0.717, 1.165) is 16.7 Å². The lowest BCUT2D eigenvalue weighted by atomic mass is 9.94. The van der Waals surface area contributed by atoms with E-state index in [0.29, 0.717) is 6.42 Å². The molecule has 120 valence electrons. The summed E-state index contributed by atoms with van der Waals surface area (Å²) >= 11 is 0. The van der Waals surface area contributed by atoms with Crippen LogP contribution in [0.15, 0.2) is 53.4 Å². The highest BCUT2D eigenvalue weighted by Gasteiger charge is 2.37. The minimum atomic E-state index is -3.70. The molecule has 0 N–H and O–H groups in total. The largest absolute Gasteiger partial charge is 0.298 e. The molecular formula is C18H19NO3S. The minimum absolute atomic E-state index is 0.129. The number of rotatable bonds is 3. The molecule has 1 heterocycles. The standard InChI is InChI=1S/C18H19NO3S/c1-13-7-9-17(10-8-13)23(21,22)19-12-16-6-4-3-5-15(16)11-18(19)14(2)20/h3-10,18H,11-12H2,1-2H3. The Labute approximate surface area is 136 Å². The molecule has 0 spiro atoms. The molecule has 2 aromatic rings. The van der Waals surface area contributed by atoms with Crippen molar-refractivity contribution in [2.45, 2.75) is 37.8 Å². The van der Waals surface area contributed by atoms with Gasteiger partial charge in [0, 0.05) is 6.54 Å². The topological polar surface area (TPSA) is 54.5 Å². The van der Waals surface area contributed by atoms with Gasteiger partial charge < -0.3 is 0 Å². The van der Waals surface area contributed by atoms with Crippen molar-refractivity contribution in [3.63, 3.8) is 0 Å². The normalized spacial score (nSPS) is 18.4. The molecule has 0 fully saturated rings. The lowest BCUT2D eigenvalue weighted by molar-refractivity contribution is -0.120. The third-order valence-corrected chi connectivity index (χ3v) is 6.17. The number of hydrogen-bond donors (Lipinski definition) is 0. The molecule has 0 amide bonds. The van der Waals surface area contributed by atoms with Gasteiger partial charge in [-0.15, -0.1) is 0 Å². The summed E-state index contributed by atoms with van der Waals surface area (Å²) in [6.07, 6.45) is 0.427. The van der Waals surface area contributed by atoms with Crippen molar-refractivity contribution < 1.29 is 13.2 Å². The predicted octanol–water partition coefficient (Wildman–Crippen LogP) is 2.70. The second kappa shape index (κ2) is 5.91. The first kappa shape index (κ1) is 15.9. The lowest BCUT2D eigenvalue weighted by Gasteiger charge is -2.34. The summed E-state index contributed by atoms with van der Waals surface area (Å²) < 4.78 is 27.3. The summed E-state index contributed by atoms with van der Waals surface area (Å²) in [5.41, 5.74) is 3.00. The molecule has 0 radical (unpaired) electrons. The van der Waals surface area contributed by atoms with Gasteiger partial charge in [-0.2, -0.15) is 4.31 Å². The maximum Gasteiger partial charge on any atom is 0.244 e. The number of sulfonamides is 1. The van der Waals surface area contributed by atoms with Crippen molar-refractivity contribution >= 4 is 15.8 Å². The van der Waals surface area contributed by atoms with Gasteiger partial charge in [0.05, 0.1) is 10.9 Å². The quantitative estimate of drug-likeness (QED) is 0.870. The van der Waals surface area contributed by atoms with Crippen LogP contribution >= 0.6 is 0 Å². The Hall–Kier alpha value is -1.98. The molecular weight excluding hydrogens is 310 g/mol. The third kappa shape index (κ3) is 2.94. The first-order chi connectivity index (χ1) is 10.9. The number of hydrogen-bond acceptors (Lipinski definition) is 3. The van der Waals surface area contributed by atoms with Crippen molar-refractivity contribution in [3.05, 3.63) is 65.2 Å². The molecule has 0 aromatic heterocycles. The number of ketones is 1. The second-order valence-corrected chi connectivity index (χ2v) is 7.85. The van der Waals surface area contributed by atoms with E-state index in [9.17, 15) is 13.2 Å². The average Bonchev–Trinajstić information content (AvgIpc) is 2.54. The van der Waals surface area contributed by atoms with Crippen LogP contribution in [0.3, 0.4) is 0 Å². The van der Waals surface area contributed by atoms with E-state index in [2.05, 4.69) is 0 Å². The monoisotopic (exact) mass is 329 g/mol. The molecule has 4 nitrogen and oxygen atoms in total. The fraction of sp³-hybridized carbons (Fsp3) is 0.278. The molecule has 1 unspecified atom stereocenters. The molecule has 1 aliphatic heterocycles. The van der Waals surface area contributed by atoms with E-state index >= 15 is 0 Å². The second-order valence-electron chi connectivity index (χ2n) is 5.96.